The molecule has 0 spiro atoms. The molecule has 7 heavy (non-hydrogen) atoms. The molecule has 0 aromatic carbocycles. The van der Waals surface area contributed by atoms with Crippen molar-refractivity contribution >= 4 is 16.1 Å². The maximum absolute atomic E-state index is 3.24. The number of hydrogen-bond donors (Lipinski definition) is 0. The van der Waals surface area contributed by atoms with Gasteiger partial charge in [0.1, 0.15) is 0 Å². The highest BCUT2D eigenvalue weighted by Crippen LogP contribution is 2.07. The Labute approximate surface area is 51.7 Å². The summed E-state index contributed by atoms with van der Waals surface area (Å²) in [4.78, 5) is 0. The van der Waals surface area contributed by atoms with Gasteiger partial charge in [-0.05, 0) is 6.08 Å². The van der Waals surface area contributed by atoms with Crippen LogP contribution in [-0.2, 0) is 0 Å². The smallest absolute Gasteiger partial charge is 0.0668 e. The van der Waals surface area contributed by atoms with E-state index in [0.29, 0.717) is 0 Å². The van der Waals surface area contributed by atoms with E-state index < -0.39 is 0 Å². The molecule has 0 aliphatic carbocycles. The zero-order valence-corrected chi connectivity index (χ0v) is 5.64. The molecule has 0 amide bonds. The fourth-order valence-corrected chi connectivity index (χ4v) is 0.671. The van der Waals surface area contributed by atoms with Gasteiger partial charge in [0.25, 0.3) is 0 Å². The summed E-state index contributed by atoms with van der Waals surface area (Å²) in [7, 11) is 1.98. The van der Waals surface area contributed by atoms with E-state index in [1.54, 1.807) is 0 Å². The lowest BCUT2D eigenvalue weighted by atomic mass is 10.6. The molecule has 3 heteroatoms. The van der Waals surface area contributed by atoms with Crippen molar-refractivity contribution in [3.05, 3.63) is 12.3 Å². The molecule has 0 aromatic rings. The topological polar surface area (TPSA) is 6.48 Å². The van der Waals surface area contributed by atoms with Crippen LogP contribution in [-0.4, -0.2) is 22.6 Å². The van der Waals surface area contributed by atoms with Crippen LogP contribution in [0.4, 0.5) is 0 Å². The summed E-state index contributed by atoms with van der Waals surface area (Å²) < 4.78 is 1.81. The first-order valence-electron chi connectivity index (χ1n) is 2.03. The van der Waals surface area contributed by atoms with E-state index >= 15 is 0 Å². The number of hydrazine groups is 1. The summed E-state index contributed by atoms with van der Waals surface area (Å²) in [5, 5.41) is 1.99. The maximum atomic E-state index is 3.24. The van der Waals surface area contributed by atoms with Crippen LogP contribution in [0.5, 0.6) is 0 Å². The molecule has 1 aliphatic heterocycles. The van der Waals surface area contributed by atoms with Crippen molar-refractivity contribution in [2.24, 2.45) is 0 Å². The minimum atomic E-state index is 0.880. The van der Waals surface area contributed by atoms with Crippen LogP contribution in [0.3, 0.4) is 0 Å². The van der Waals surface area contributed by atoms with E-state index in [2.05, 4.69) is 22.2 Å². The highest BCUT2D eigenvalue weighted by atomic mass is 79.9. The molecule has 1 aliphatic rings. The van der Waals surface area contributed by atoms with Crippen LogP contribution in [0.2, 0.25) is 0 Å². The summed E-state index contributed by atoms with van der Waals surface area (Å²) in [5.41, 5.74) is 0. The Kier molecular flexibility index (Phi) is 1.35. The molecule has 0 unspecified atom stereocenters. The molecule has 0 fully saturated rings. The third kappa shape index (κ3) is 0.951. The SMILES string of the molecule is CN1C[C]=CN1Br. The Morgan fingerprint density at radius 2 is 2.57 bits per heavy atom. The molecule has 39 valence electrons. The third-order valence-corrected chi connectivity index (χ3v) is 1.59. The molecular formula is C4H6BrN2. The minimum absolute atomic E-state index is 0.880. The zero-order valence-electron chi connectivity index (χ0n) is 4.06. The van der Waals surface area contributed by atoms with E-state index in [1.165, 1.54) is 0 Å². The molecule has 1 rings (SSSR count). The Hall–Kier alpha value is -0.0200. The summed E-state index contributed by atoms with van der Waals surface area (Å²) in [6.07, 6.45) is 4.85. The van der Waals surface area contributed by atoms with E-state index in [9.17, 15) is 0 Å². The lowest BCUT2D eigenvalue weighted by Crippen LogP contribution is -2.22. The van der Waals surface area contributed by atoms with Gasteiger partial charge in [-0.15, -0.1) is 0 Å². The Bertz CT molecular complexity index is 91.7. The van der Waals surface area contributed by atoms with E-state index in [-0.39, 0.29) is 0 Å². The standard InChI is InChI=1S/C4H6BrN2/c1-6-3-2-4-7(6)5/h4H,3H2,1H3. The normalized spacial score (nSPS) is 21.7. The van der Waals surface area contributed by atoms with Crippen molar-refractivity contribution < 1.29 is 0 Å². The molecule has 0 bridgehead atoms. The average molecular weight is 162 g/mol. The van der Waals surface area contributed by atoms with Crippen LogP contribution >= 0.6 is 16.1 Å². The van der Waals surface area contributed by atoms with Gasteiger partial charge in [-0.1, -0.05) is 0 Å². The van der Waals surface area contributed by atoms with E-state index in [1.807, 2.05) is 22.3 Å². The van der Waals surface area contributed by atoms with Gasteiger partial charge in [0.15, 0.2) is 0 Å². The van der Waals surface area contributed by atoms with Crippen LogP contribution in [0.15, 0.2) is 6.20 Å². The van der Waals surface area contributed by atoms with Crippen LogP contribution in [0, 0.1) is 6.08 Å². The number of hydrogen-bond acceptors (Lipinski definition) is 2. The predicted octanol–water partition coefficient (Wildman–Crippen LogP) is 0.776. The van der Waals surface area contributed by atoms with Gasteiger partial charge in [-0.2, -0.15) is 0 Å². The highest BCUT2D eigenvalue weighted by molar-refractivity contribution is 9.07. The fraction of sp³-hybridized carbons (Fsp3) is 0.500. The van der Waals surface area contributed by atoms with Crippen molar-refractivity contribution in [1.82, 2.24) is 9.04 Å². The Morgan fingerprint density at radius 1 is 1.86 bits per heavy atom. The molecule has 1 radical (unpaired) electrons. The summed E-state index contributed by atoms with van der Waals surface area (Å²) >= 11 is 3.24. The van der Waals surface area contributed by atoms with Gasteiger partial charge in [0, 0.05) is 19.8 Å². The van der Waals surface area contributed by atoms with Crippen molar-refractivity contribution in [3.8, 4) is 0 Å². The maximum Gasteiger partial charge on any atom is 0.0668 e. The van der Waals surface area contributed by atoms with Crippen LogP contribution in [0.25, 0.3) is 0 Å². The van der Waals surface area contributed by atoms with Crippen molar-refractivity contribution in [2.45, 2.75) is 0 Å². The summed E-state index contributed by atoms with van der Waals surface area (Å²) in [5.74, 6) is 0. The average Bonchev–Trinajstić information content (AvgIpc) is 1.91. The molecule has 0 atom stereocenters. The lowest BCUT2D eigenvalue weighted by molar-refractivity contribution is 0.210. The first-order chi connectivity index (χ1) is 3.30. The number of rotatable bonds is 0. The lowest BCUT2D eigenvalue weighted by Gasteiger charge is -2.15. The second-order valence-electron chi connectivity index (χ2n) is 1.44. The van der Waals surface area contributed by atoms with Crippen LogP contribution in [0.1, 0.15) is 0 Å². The van der Waals surface area contributed by atoms with Crippen molar-refractivity contribution in [1.29, 1.82) is 0 Å². The monoisotopic (exact) mass is 161 g/mol. The number of nitrogens with zero attached hydrogens (tertiary/aromatic N) is 2. The van der Waals surface area contributed by atoms with E-state index in [4.69, 9.17) is 0 Å². The van der Waals surface area contributed by atoms with E-state index in [0.717, 1.165) is 6.54 Å². The van der Waals surface area contributed by atoms with Crippen molar-refractivity contribution in [3.63, 3.8) is 0 Å². The third-order valence-electron chi connectivity index (χ3n) is 0.844. The Morgan fingerprint density at radius 3 is 2.71 bits per heavy atom. The molecule has 0 saturated heterocycles. The summed E-state index contributed by atoms with van der Waals surface area (Å²) in [6.45, 7) is 0.880. The van der Waals surface area contributed by atoms with Gasteiger partial charge in [0.2, 0.25) is 0 Å². The molecule has 0 N–H and O–H groups in total. The quantitative estimate of drug-likeness (QED) is 0.485. The molecular weight excluding hydrogens is 156 g/mol. The highest BCUT2D eigenvalue weighted by Gasteiger charge is 2.05. The second kappa shape index (κ2) is 1.84. The molecule has 2 nitrogen and oxygen atoms in total. The predicted molar refractivity (Wildman–Crippen MR) is 31.2 cm³/mol. The van der Waals surface area contributed by atoms with Gasteiger partial charge >= 0.3 is 0 Å². The van der Waals surface area contributed by atoms with Gasteiger partial charge < -0.3 is 0 Å². The van der Waals surface area contributed by atoms with Gasteiger partial charge in [-0.3, -0.25) is 0 Å². The van der Waals surface area contributed by atoms with Gasteiger partial charge in [-0.25, -0.2) is 9.04 Å². The number of likely N-dealkylation sites (N-methyl/N-ethyl adjacent to an activating group) is 1. The first-order valence-corrected chi connectivity index (χ1v) is 2.74. The van der Waals surface area contributed by atoms with Crippen molar-refractivity contribution in [2.75, 3.05) is 13.6 Å². The minimum Gasteiger partial charge on any atom is -0.246 e. The summed E-state index contributed by atoms with van der Waals surface area (Å²) in [6, 6.07) is 0. The van der Waals surface area contributed by atoms with Crippen LogP contribution < -0.4 is 0 Å². The Balaban J connectivity index is 2.45. The first kappa shape index (κ1) is 5.12. The zero-order chi connectivity index (χ0) is 5.28. The molecule has 0 saturated carbocycles. The second-order valence-corrected chi connectivity index (χ2v) is 2.16. The molecule has 0 aromatic heterocycles. The number of halogens is 1. The molecule has 1 heterocycles. The fourth-order valence-electron chi connectivity index (χ4n) is 0.414. The largest absolute Gasteiger partial charge is 0.246 e. The van der Waals surface area contributed by atoms with Gasteiger partial charge in [0.05, 0.1) is 16.1 Å².